The summed E-state index contributed by atoms with van der Waals surface area (Å²) in [6.45, 7) is 6.06. The summed E-state index contributed by atoms with van der Waals surface area (Å²) in [5.41, 5.74) is 1.57. The zero-order valence-electron chi connectivity index (χ0n) is 19.9. The molecule has 1 aliphatic carbocycles. The van der Waals surface area contributed by atoms with Crippen LogP contribution in [0.4, 0.5) is 10.7 Å². The number of carbonyl (C=O) groups excluding carboxylic acids is 1. The molecule has 1 saturated carbocycles. The maximum atomic E-state index is 13.2. The van der Waals surface area contributed by atoms with Crippen LogP contribution >= 0.6 is 11.6 Å². The molecular weight excluding hydrogens is 466 g/mol. The third-order valence-corrected chi connectivity index (χ3v) is 7.63. The molecule has 1 atom stereocenters. The van der Waals surface area contributed by atoms with Crippen LogP contribution in [0.1, 0.15) is 68.7 Å². The molecule has 1 amide bonds. The minimum atomic E-state index is -0.352. The average molecular weight is 494 g/mol. The first kappa shape index (κ1) is 22.3. The lowest BCUT2D eigenvalue weighted by atomic mass is 9.95. The van der Waals surface area contributed by atoms with Crippen LogP contribution in [0.15, 0.2) is 36.7 Å². The van der Waals surface area contributed by atoms with Gasteiger partial charge in [0.25, 0.3) is 0 Å². The van der Waals surface area contributed by atoms with Crippen molar-refractivity contribution in [3.05, 3.63) is 58.9 Å². The van der Waals surface area contributed by atoms with Crippen molar-refractivity contribution < 1.29 is 9.53 Å². The summed E-state index contributed by atoms with van der Waals surface area (Å²) in [6, 6.07) is 7.35. The number of amides is 1. The second-order valence-corrected chi connectivity index (χ2v) is 10.4. The molecule has 3 aromatic rings. The third-order valence-electron chi connectivity index (χ3n) is 7.39. The van der Waals surface area contributed by atoms with Gasteiger partial charge >= 0.3 is 6.09 Å². The third kappa shape index (κ3) is 4.11. The van der Waals surface area contributed by atoms with Crippen LogP contribution in [0.25, 0.3) is 5.69 Å². The number of piperidine rings is 1. The van der Waals surface area contributed by atoms with E-state index in [1.165, 1.54) is 0 Å². The van der Waals surface area contributed by atoms with Gasteiger partial charge in [-0.15, -0.1) is 10.2 Å². The van der Waals surface area contributed by atoms with Crippen molar-refractivity contribution in [2.24, 2.45) is 0 Å². The number of halogens is 1. The number of rotatable bonds is 3. The molecule has 2 aromatic heterocycles. The Morgan fingerprint density at radius 3 is 2.54 bits per heavy atom. The quantitative estimate of drug-likeness (QED) is 0.524. The number of nitrogens with zero attached hydrogens (tertiary/aromatic N) is 7. The summed E-state index contributed by atoms with van der Waals surface area (Å²) < 4.78 is 7.97. The summed E-state index contributed by atoms with van der Waals surface area (Å²) in [6.07, 6.45) is 6.85. The van der Waals surface area contributed by atoms with E-state index < -0.39 is 0 Å². The molecule has 0 spiro atoms. The summed E-state index contributed by atoms with van der Waals surface area (Å²) >= 11 is 6.38. The molecule has 182 valence electrons. The number of carbonyl (C=O) groups is 1. The van der Waals surface area contributed by atoms with E-state index in [1.54, 1.807) is 17.3 Å². The normalized spacial score (nSPS) is 21.2. The van der Waals surface area contributed by atoms with Crippen LogP contribution in [-0.2, 0) is 11.3 Å². The largest absolute Gasteiger partial charge is 0.443 e. The Balaban J connectivity index is 1.33. The molecule has 35 heavy (non-hydrogen) atoms. The van der Waals surface area contributed by atoms with Crippen molar-refractivity contribution in [2.75, 3.05) is 18.0 Å². The first-order valence-corrected chi connectivity index (χ1v) is 12.6. The topological polar surface area (TPSA) is 89.3 Å². The monoisotopic (exact) mass is 493 g/mol. The standard InChI is InChI=1S/C25H28ClN7O2/c1-16-21-29-30-22(17-6-12-31(13-7-17)23-27-10-3-11-28-23)33(21)20-5-4-19(26)14-18(20)15-32(16)24(34)35-25(2)8-9-25/h3-5,10-11,14,16-17H,6-9,12-13,15H2,1-2H3. The molecule has 6 rings (SSSR count). The van der Waals surface area contributed by atoms with Crippen LogP contribution < -0.4 is 4.90 Å². The SMILES string of the molecule is CC1c2nnc(C3CCN(c4ncccn4)CC3)n2-c2ccc(Cl)cc2CN1C(=O)OC1(C)CC1. The lowest BCUT2D eigenvalue weighted by molar-refractivity contribution is 0.0453. The Bertz CT molecular complexity index is 1250. The molecule has 0 bridgehead atoms. The van der Waals surface area contributed by atoms with Crippen molar-refractivity contribution in [2.45, 2.75) is 63.6 Å². The number of benzene rings is 1. The summed E-state index contributed by atoms with van der Waals surface area (Å²) in [5.74, 6) is 2.66. The summed E-state index contributed by atoms with van der Waals surface area (Å²) in [4.78, 5) is 25.9. The fourth-order valence-electron chi connectivity index (χ4n) is 5.01. The Morgan fingerprint density at radius 1 is 1.11 bits per heavy atom. The van der Waals surface area contributed by atoms with Crippen LogP contribution in [-0.4, -0.2) is 54.4 Å². The second kappa shape index (κ2) is 8.48. The van der Waals surface area contributed by atoms with E-state index in [0.29, 0.717) is 11.6 Å². The number of anilines is 1. The smallest absolute Gasteiger partial charge is 0.411 e. The predicted molar refractivity (Wildman–Crippen MR) is 131 cm³/mol. The van der Waals surface area contributed by atoms with Gasteiger partial charge in [-0.25, -0.2) is 14.8 Å². The molecule has 1 unspecified atom stereocenters. The summed E-state index contributed by atoms with van der Waals surface area (Å²) in [7, 11) is 0. The molecule has 9 nitrogen and oxygen atoms in total. The second-order valence-electron chi connectivity index (χ2n) is 9.96. The van der Waals surface area contributed by atoms with Gasteiger partial charge in [0.1, 0.15) is 11.4 Å². The van der Waals surface area contributed by atoms with Gasteiger partial charge in [0.2, 0.25) is 5.95 Å². The molecule has 2 fully saturated rings. The highest BCUT2D eigenvalue weighted by Gasteiger charge is 2.44. The minimum Gasteiger partial charge on any atom is -0.443 e. The van der Waals surface area contributed by atoms with Crippen molar-refractivity contribution in [1.82, 2.24) is 29.6 Å². The highest BCUT2D eigenvalue weighted by molar-refractivity contribution is 6.30. The molecule has 0 N–H and O–H groups in total. The fourth-order valence-corrected chi connectivity index (χ4v) is 5.21. The van der Waals surface area contributed by atoms with E-state index >= 15 is 0 Å². The van der Waals surface area contributed by atoms with Gasteiger partial charge < -0.3 is 9.64 Å². The Hall–Kier alpha value is -3.20. The zero-order chi connectivity index (χ0) is 24.2. The predicted octanol–water partition coefficient (Wildman–Crippen LogP) is 4.66. The molecule has 10 heteroatoms. The van der Waals surface area contributed by atoms with Gasteiger partial charge in [-0.2, -0.15) is 0 Å². The first-order valence-electron chi connectivity index (χ1n) is 12.2. The van der Waals surface area contributed by atoms with E-state index in [2.05, 4.69) is 29.6 Å². The van der Waals surface area contributed by atoms with Crippen molar-refractivity contribution in [3.8, 4) is 5.69 Å². The van der Waals surface area contributed by atoms with Crippen LogP contribution in [0.5, 0.6) is 0 Å². The molecule has 1 saturated heterocycles. The number of fused-ring (bicyclic) bond motifs is 3. The average Bonchev–Trinajstić information content (AvgIpc) is 3.46. The van der Waals surface area contributed by atoms with Crippen LogP contribution in [0, 0.1) is 0 Å². The molecule has 4 heterocycles. The number of aromatic nitrogens is 5. The van der Waals surface area contributed by atoms with Gasteiger partial charge in [-0.3, -0.25) is 9.47 Å². The van der Waals surface area contributed by atoms with Gasteiger partial charge in [-0.1, -0.05) is 11.6 Å². The summed E-state index contributed by atoms with van der Waals surface area (Å²) in [5, 5.41) is 9.91. The first-order chi connectivity index (χ1) is 16.9. The van der Waals surface area contributed by atoms with Crippen LogP contribution in [0.3, 0.4) is 0 Å². The Labute approximate surface area is 209 Å². The zero-order valence-corrected chi connectivity index (χ0v) is 20.6. The van der Waals surface area contributed by atoms with E-state index in [4.69, 9.17) is 16.3 Å². The minimum absolute atomic E-state index is 0.232. The van der Waals surface area contributed by atoms with Crippen LogP contribution in [0.2, 0.25) is 5.02 Å². The molecule has 0 radical (unpaired) electrons. The number of ether oxygens (including phenoxy) is 1. The highest BCUT2D eigenvalue weighted by Crippen LogP contribution is 2.41. The Morgan fingerprint density at radius 2 is 1.83 bits per heavy atom. The fraction of sp³-hybridized carbons (Fsp3) is 0.480. The molecule has 1 aromatic carbocycles. The lowest BCUT2D eigenvalue weighted by Crippen LogP contribution is -2.36. The molecule has 3 aliphatic rings. The van der Waals surface area contributed by atoms with E-state index in [9.17, 15) is 4.79 Å². The van der Waals surface area contributed by atoms with E-state index in [0.717, 1.165) is 67.6 Å². The number of hydrogen-bond acceptors (Lipinski definition) is 7. The maximum absolute atomic E-state index is 13.2. The van der Waals surface area contributed by atoms with Gasteiger partial charge in [0, 0.05) is 36.4 Å². The molecular formula is C25H28ClN7O2. The van der Waals surface area contributed by atoms with Gasteiger partial charge in [0.15, 0.2) is 5.82 Å². The van der Waals surface area contributed by atoms with Crippen molar-refractivity contribution in [1.29, 1.82) is 0 Å². The van der Waals surface area contributed by atoms with Crippen molar-refractivity contribution >= 4 is 23.6 Å². The van der Waals surface area contributed by atoms with Gasteiger partial charge in [0.05, 0.1) is 18.3 Å². The van der Waals surface area contributed by atoms with Gasteiger partial charge in [-0.05, 0) is 69.4 Å². The number of hydrogen-bond donors (Lipinski definition) is 0. The lowest BCUT2D eigenvalue weighted by Gasteiger charge is -2.31. The maximum Gasteiger partial charge on any atom is 0.411 e. The van der Waals surface area contributed by atoms with E-state index in [1.807, 2.05) is 38.1 Å². The van der Waals surface area contributed by atoms with Crippen molar-refractivity contribution in [3.63, 3.8) is 0 Å². The Kier molecular flexibility index (Phi) is 5.40. The van der Waals surface area contributed by atoms with E-state index in [-0.39, 0.29) is 23.7 Å². The molecule has 2 aliphatic heterocycles. The highest BCUT2D eigenvalue weighted by atomic mass is 35.5.